The van der Waals surface area contributed by atoms with Crippen LogP contribution in [-0.4, -0.2) is 23.5 Å². The first-order valence-electron chi connectivity index (χ1n) is 2.30. The molecule has 3 nitrogen and oxygen atoms in total. The smallest absolute Gasteiger partial charge is 0.320 e. The summed E-state index contributed by atoms with van der Waals surface area (Å²) in [7, 11) is 0. The summed E-state index contributed by atoms with van der Waals surface area (Å²) in [5.74, 6) is -1.39. The van der Waals surface area contributed by atoms with Crippen molar-refractivity contribution < 1.29 is 18.7 Å². The second kappa shape index (κ2) is 3.34. The van der Waals surface area contributed by atoms with Crippen LogP contribution in [0.2, 0.25) is 0 Å². The minimum Gasteiger partial charge on any atom is -0.480 e. The molecule has 3 N–H and O–H groups in total. The van der Waals surface area contributed by atoms with Gasteiger partial charge in [-0.1, -0.05) is 0 Å². The van der Waals surface area contributed by atoms with Gasteiger partial charge in [-0.15, -0.1) is 0 Å². The lowest BCUT2D eigenvalue weighted by Crippen LogP contribution is -2.31. The molecule has 0 unspecified atom stereocenters. The minimum atomic E-state index is -2.64. The predicted molar refractivity (Wildman–Crippen MR) is 26.2 cm³/mol. The molecule has 5 heteroatoms. The lowest BCUT2D eigenvalue weighted by molar-refractivity contribution is -0.139. The predicted octanol–water partition coefficient (Wildman–Crippen LogP) is 0.0535. The topological polar surface area (TPSA) is 63.3 Å². The van der Waals surface area contributed by atoms with Crippen molar-refractivity contribution in [3.63, 3.8) is 0 Å². The van der Waals surface area contributed by atoms with Crippen LogP contribution in [0.15, 0.2) is 0 Å². The first-order valence-corrected chi connectivity index (χ1v) is 2.30. The molecule has 54 valence electrons. The molecule has 1 atom stereocenters. The maximum Gasteiger partial charge on any atom is 0.320 e. The van der Waals surface area contributed by atoms with Crippen molar-refractivity contribution >= 4 is 5.97 Å². The molecule has 0 spiro atoms. The Morgan fingerprint density at radius 2 is 2.11 bits per heavy atom. The van der Waals surface area contributed by atoms with E-state index >= 15 is 0 Å². The Balaban J connectivity index is 3.50. The van der Waals surface area contributed by atoms with Gasteiger partial charge in [-0.05, 0) is 0 Å². The normalized spacial score (nSPS) is 13.8. The lowest BCUT2D eigenvalue weighted by atomic mass is 10.2. The molecule has 0 fully saturated rings. The van der Waals surface area contributed by atoms with Crippen LogP contribution >= 0.6 is 0 Å². The standard InChI is InChI=1S/C4H7F2NO2/c5-3(6)1-2(7)4(8)9/h2-3H,1,7H2,(H,8,9)/t2-/m1/s1. The molecule has 0 rings (SSSR count). The quantitative estimate of drug-likeness (QED) is 0.580. The number of hydrogen-bond donors (Lipinski definition) is 2. The highest BCUT2D eigenvalue weighted by atomic mass is 19.3. The van der Waals surface area contributed by atoms with E-state index in [0.717, 1.165) is 0 Å². The van der Waals surface area contributed by atoms with Crippen LogP contribution in [0.5, 0.6) is 0 Å². The van der Waals surface area contributed by atoms with Gasteiger partial charge in [0, 0.05) is 6.42 Å². The molecule has 0 aromatic heterocycles. The summed E-state index contributed by atoms with van der Waals surface area (Å²) in [5, 5.41) is 7.97. The monoisotopic (exact) mass is 139 g/mol. The summed E-state index contributed by atoms with van der Waals surface area (Å²) in [6.45, 7) is 0. The third-order valence-electron chi connectivity index (χ3n) is 0.749. The molecular formula is C4H7F2NO2. The number of rotatable bonds is 3. The van der Waals surface area contributed by atoms with Crippen molar-refractivity contribution in [2.45, 2.75) is 18.9 Å². The van der Waals surface area contributed by atoms with Crippen LogP contribution in [0.4, 0.5) is 8.78 Å². The molecule has 0 radical (unpaired) electrons. The third kappa shape index (κ3) is 3.84. The highest BCUT2D eigenvalue weighted by molar-refractivity contribution is 5.72. The molecule has 0 aliphatic heterocycles. The van der Waals surface area contributed by atoms with Crippen LogP contribution in [0.3, 0.4) is 0 Å². The van der Waals surface area contributed by atoms with Crippen LogP contribution in [0.25, 0.3) is 0 Å². The molecule has 0 saturated carbocycles. The highest BCUT2D eigenvalue weighted by Gasteiger charge is 2.16. The fourth-order valence-corrected chi connectivity index (χ4v) is 0.293. The number of hydrogen-bond acceptors (Lipinski definition) is 2. The highest BCUT2D eigenvalue weighted by Crippen LogP contribution is 2.01. The number of halogens is 2. The second-order valence-corrected chi connectivity index (χ2v) is 1.57. The number of aliphatic carboxylic acids is 1. The van der Waals surface area contributed by atoms with Gasteiger partial charge in [-0.3, -0.25) is 4.79 Å². The molecule has 0 aromatic carbocycles. The summed E-state index contributed by atoms with van der Waals surface area (Å²) < 4.78 is 22.6. The summed E-state index contributed by atoms with van der Waals surface area (Å²) in [6, 6.07) is -1.44. The number of nitrogens with two attached hydrogens (primary N) is 1. The van der Waals surface area contributed by atoms with Crippen molar-refractivity contribution in [2.24, 2.45) is 5.73 Å². The SMILES string of the molecule is N[C@H](CC(F)F)C(=O)O. The molecular weight excluding hydrogens is 132 g/mol. The minimum absolute atomic E-state index is 0.782. The Morgan fingerprint density at radius 3 is 2.22 bits per heavy atom. The van der Waals surface area contributed by atoms with E-state index < -0.39 is 24.9 Å². The molecule has 9 heavy (non-hydrogen) atoms. The lowest BCUT2D eigenvalue weighted by Gasteiger charge is -2.02. The van der Waals surface area contributed by atoms with Crippen LogP contribution < -0.4 is 5.73 Å². The zero-order valence-electron chi connectivity index (χ0n) is 4.55. The van der Waals surface area contributed by atoms with E-state index in [1.54, 1.807) is 0 Å². The molecule has 0 aliphatic carbocycles. The maximum absolute atomic E-state index is 11.3. The van der Waals surface area contributed by atoms with Gasteiger partial charge in [-0.2, -0.15) is 0 Å². The van der Waals surface area contributed by atoms with Crippen molar-refractivity contribution in [2.75, 3.05) is 0 Å². The van der Waals surface area contributed by atoms with Crippen molar-refractivity contribution in [1.29, 1.82) is 0 Å². The zero-order valence-corrected chi connectivity index (χ0v) is 4.55. The van der Waals surface area contributed by atoms with Gasteiger partial charge in [-0.25, -0.2) is 8.78 Å². The van der Waals surface area contributed by atoms with Crippen LogP contribution in [0.1, 0.15) is 6.42 Å². The van der Waals surface area contributed by atoms with E-state index in [9.17, 15) is 13.6 Å². The number of carboxylic acids is 1. The molecule has 0 amide bonds. The molecule has 0 saturated heterocycles. The van der Waals surface area contributed by atoms with E-state index in [1.165, 1.54) is 0 Å². The van der Waals surface area contributed by atoms with Gasteiger partial charge in [0.2, 0.25) is 6.43 Å². The van der Waals surface area contributed by atoms with Crippen LogP contribution in [0, 0.1) is 0 Å². The summed E-state index contributed by atoms with van der Waals surface area (Å²) in [4.78, 5) is 9.78. The Kier molecular flexibility index (Phi) is 3.08. The first kappa shape index (κ1) is 8.29. The van der Waals surface area contributed by atoms with Crippen molar-refractivity contribution in [3.8, 4) is 0 Å². The Morgan fingerprint density at radius 1 is 1.67 bits per heavy atom. The third-order valence-corrected chi connectivity index (χ3v) is 0.749. The Bertz CT molecular complexity index is 107. The average Bonchev–Trinajstić information content (AvgIpc) is 1.63. The molecule has 0 heterocycles. The van der Waals surface area contributed by atoms with Gasteiger partial charge in [0.15, 0.2) is 0 Å². The largest absolute Gasteiger partial charge is 0.480 e. The van der Waals surface area contributed by atoms with Crippen LogP contribution in [-0.2, 0) is 4.79 Å². The summed E-state index contributed by atoms with van der Waals surface area (Å²) in [6.07, 6.45) is -3.42. The maximum atomic E-state index is 11.3. The average molecular weight is 139 g/mol. The van der Waals surface area contributed by atoms with E-state index in [2.05, 4.69) is 0 Å². The fourth-order valence-electron chi connectivity index (χ4n) is 0.293. The van der Waals surface area contributed by atoms with Gasteiger partial charge in [0.1, 0.15) is 6.04 Å². The van der Waals surface area contributed by atoms with Gasteiger partial charge < -0.3 is 10.8 Å². The van der Waals surface area contributed by atoms with Crippen molar-refractivity contribution in [1.82, 2.24) is 0 Å². The number of alkyl halides is 2. The molecule has 0 aromatic rings. The Hall–Kier alpha value is -0.710. The first-order chi connectivity index (χ1) is 4.04. The van der Waals surface area contributed by atoms with E-state index in [1.807, 2.05) is 0 Å². The zero-order chi connectivity index (χ0) is 7.44. The van der Waals surface area contributed by atoms with Gasteiger partial charge in [0.25, 0.3) is 0 Å². The summed E-state index contributed by atoms with van der Waals surface area (Å²) >= 11 is 0. The summed E-state index contributed by atoms with van der Waals surface area (Å²) in [5.41, 5.74) is 4.74. The second-order valence-electron chi connectivity index (χ2n) is 1.57. The molecule has 0 aliphatic rings. The fraction of sp³-hybridized carbons (Fsp3) is 0.750. The van der Waals surface area contributed by atoms with Gasteiger partial charge >= 0.3 is 5.97 Å². The van der Waals surface area contributed by atoms with Gasteiger partial charge in [0.05, 0.1) is 0 Å². The van der Waals surface area contributed by atoms with E-state index in [0.29, 0.717) is 0 Å². The molecule has 0 bridgehead atoms. The van der Waals surface area contributed by atoms with E-state index in [4.69, 9.17) is 10.8 Å². The number of carbonyl (C=O) groups is 1. The Labute approximate surface area is 50.5 Å². The number of carboxylic acid groups (broad SMARTS) is 1. The van der Waals surface area contributed by atoms with Crippen molar-refractivity contribution in [3.05, 3.63) is 0 Å². The van der Waals surface area contributed by atoms with E-state index in [-0.39, 0.29) is 0 Å².